The molecule has 2 rings (SSSR count). The van der Waals surface area contributed by atoms with Gasteiger partial charge in [-0.05, 0) is 31.4 Å². The van der Waals surface area contributed by atoms with Crippen molar-refractivity contribution in [3.63, 3.8) is 0 Å². The van der Waals surface area contributed by atoms with Crippen molar-refractivity contribution in [3.8, 4) is 0 Å². The Morgan fingerprint density at radius 1 is 1.33 bits per heavy atom. The van der Waals surface area contributed by atoms with Crippen molar-refractivity contribution in [3.05, 3.63) is 29.8 Å². The Bertz CT molecular complexity index is 493. The van der Waals surface area contributed by atoms with Crippen molar-refractivity contribution in [2.75, 3.05) is 19.7 Å². The molecule has 0 bridgehead atoms. The van der Waals surface area contributed by atoms with Crippen LogP contribution in [0, 0.1) is 0 Å². The van der Waals surface area contributed by atoms with Gasteiger partial charge in [-0.2, -0.15) is 0 Å². The first-order valence-electron chi connectivity index (χ1n) is 7.34. The number of carbonyl (C=O) groups is 2. The van der Waals surface area contributed by atoms with Crippen LogP contribution in [0.1, 0.15) is 25.8 Å². The third-order valence-electron chi connectivity index (χ3n) is 3.35. The number of benzene rings is 1. The second kappa shape index (κ2) is 7.50. The van der Waals surface area contributed by atoms with Crippen LogP contribution in [0.2, 0.25) is 0 Å². The molecule has 0 fully saturated rings. The monoisotopic (exact) mass is 307 g/mol. The van der Waals surface area contributed by atoms with Crippen LogP contribution in [0.4, 0.5) is 0 Å². The van der Waals surface area contributed by atoms with Crippen LogP contribution in [0.15, 0.2) is 29.2 Å². The molecular formula is C16H21NO3S. The Labute approximate surface area is 129 Å². The van der Waals surface area contributed by atoms with Crippen LogP contribution in [0.3, 0.4) is 0 Å². The van der Waals surface area contributed by atoms with Crippen LogP contribution in [-0.2, 0) is 20.7 Å². The van der Waals surface area contributed by atoms with Crippen molar-refractivity contribution in [2.24, 2.45) is 0 Å². The fraction of sp³-hybridized carbons (Fsp3) is 0.500. The number of ether oxygens (including phenoxy) is 1. The van der Waals surface area contributed by atoms with Crippen LogP contribution >= 0.6 is 11.8 Å². The van der Waals surface area contributed by atoms with Crippen molar-refractivity contribution >= 4 is 23.6 Å². The molecule has 5 heteroatoms. The second-order valence-corrected chi connectivity index (χ2v) is 6.23. The minimum Gasteiger partial charge on any atom is -0.465 e. The molecule has 0 radical (unpaired) electrons. The molecule has 1 aromatic carbocycles. The molecule has 0 saturated carbocycles. The summed E-state index contributed by atoms with van der Waals surface area (Å²) in [5.41, 5.74) is 1.22. The number of rotatable bonds is 6. The standard InChI is InChI=1S/C16H21NO3S/c1-3-9-17(11-15(18)20-4-2)16(19)14-10-12-7-5-6-8-13(12)21-14/h5-8,14H,3-4,9-11H2,1-2H3. The maximum Gasteiger partial charge on any atom is 0.325 e. The zero-order valence-electron chi connectivity index (χ0n) is 12.5. The highest BCUT2D eigenvalue weighted by atomic mass is 32.2. The lowest BCUT2D eigenvalue weighted by molar-refractivity contribution is -0.148. The first kappa shape index (κ1) is 15.9. The predicted octanol–water partition coefficient (Wildman–Crippen LogP) is 2.51. The smallest absolute Gasteiger partial charge is 0.325 e. The van der Waals surface area contributed by atoms with Gasteiger partial charge in [0.15, 0.2) is 0 Å². The number of thioether (sulfide) groups is 1. The summed E-state index contributed by atoms with van der Waals surface area (Å²) in [6.45, 7) is 4.75. The van der Waals surface area contributed by atoms with Crippen LogP contribution in [0.5, 0.6) is 0 Å². The normalized spacial score (nSPS) is 16.4. The van der Waals surface area contributed by atoms with Gasteiger partial charge in [0.2, 0.25) is 5.91 Å². The highest BCUT2D eigenvalue weighted by molar-refractivity contribution is 8.01. The van der Waals surface area contributed by atoms with E-state index in [-0.39, 0.29) is 23.7 Å². The largest absolute Gasteiger partial charge is 0.465 e. The van der Waals surface area contributed by atoms with E-state index in [0.717, 1.165) is 12.8 Å². The van der Waals surface area contributed by atoms with E-state index in [9.17, 15) is 9.59 Å². The molecular weight excluding hydrogens is 286 g/mol. The van der Waals surface area contributed by atoms with Gasteiger partial charge >= 0.3 is 5.97 Å². The van der Waals surface area contributed by atoms with Gasteiger partial charge in [-0.3, -0.25) is 9.59 Å². The van der Waals surface area contributed by atoms with E-state index in [0.29, 0.717) is 13.2 Å². The van der Waals surface area contributed by atoms with Crippen LogP contribution in [-0.4, -0.2) is 41.7 Å². The van der Waals surface area contributed by atoms with E-state index in [4.69, 9.17) is 4.74 Å². The molecule has 0 saturated heterocycles. The fourth-order valence-corrected chi connectivity index (χ4v) is 3.70. The summed E-state index contributed by atoms with van der Waals surface area (Å²) in [5, 5.41) is -0.122. The summed E-state index contributed by atoms with van der Waals surface area (Å²) in [6.07, 6.45) is 1.57. The molecule has 0 aliphatic carbocycles. The van der Waals surface area contributed by atoms with Gasteiger partial charge in [-0.15, -0.1) is 11.8 Å². The zero-order valence-corrected chi connectivity index (χ0v) is 13.3. The lowest BCUT2D eigenvalue weighted by Gasteiger charge is -2.23. The minimum absolute atomic E-state index is 0.0334. The lowest BCUT2D eigenvalue weighted by atomic mass is 10.1. The molecule has 4 nitrogen and oxygen atoms in total. The number of esters is 1. The van der Waals surface area contributed by atoms with E-state index in [1.165, 1.54) is 10.5 Å². The average Bonchev–Trinajstić information content (AvgIpc) is 2.90. The van der Waals surface area contributed by atoms with Crippen molar-refractivity contribution in [1.29, 1.82) is 0 Å². The molecule has 1 heterocycles. The lowest BCUT2D eigenvalue weighted by Crippen LogP contribution is -2.41. The summed E-state index contributed by atoms with van der Waals surface area (Å²) in [7, 11) is 0. The van der Waals surface area contributed by atoms with Gasteiger partial charge in [0.25, 0.3) is 0 Å². The maximum absolute atomic E-state index is 12.6. The number of carbonyl (C=O) groups excluding carboxylic acids is 2. The Morgan fingerprint density at radius 2 is 2.10 bits per heavy atom. The van der Waals surface area contributed by atoms with E-state index < -0.39 is 0 Å². The highest BCUT2D eigenvalue weighted by Crippen LogP contribution is 2.37. The molecule has 1 aromatic rings. The van der Waals surface area contributed by atoms with Crippen LogP contribution < -0.4 is 0 Å². The number of amides is 1. The summed E-state index contributed by atoms with van der Waals surface area (Å²) < 4.78 is 4.95. The molecule has 1 atom stereocenters. The topological polar surface area (TPSA) is 46.6 Å². The molecule has 1 aliphatic rings. The summed E-state index contributed by atoms with van der Waals surface area (Å²) >= 11 is 1.60. The molecule has 1 amide bonds. The first-order chi connectivity index (χ1) is 10.2. The fourth-order valence-electron chi connectivity index (χ4n) is 2.42. The molecule has 1 aliphatic heterocycles. The van der Waals surface area contributed by atoms with Gasteiger partial charge < -0.3 is 9.64 Å². The molecule has 21 heavy (non-hydrogen) atoms. The Balaban J connectivity index is 2.01. The van der Waals surface area contributed by atoms with E-state index in [2.05, 4.69) is 6.07 Å². The van der Waals surface area contributed by atoms with Gasteiger partial charge in [0, 0.05) is 11.4 Å². The minimum atomic E-state index is -0.334. The third kappa shape index (κ3) is 4.00. The average molecular weight is 307 g/mol. The summed E-state index contributed by atoms with van der Waals surface area (Å²) in [4.78, 5) is 27.1. The second-order valence-electron chi connectivity index (χ2n) is 4.98. The summed E-state index contributed by atoms with van der Waals surface area (Å²) in [6, 6.07) is 8.09. The number of nitrogens with zero attached hydrogens (tertiary/aromatic N) is 1. The molecule has 0 aromatic heterocycles. The molecule has 114 valence electrons. The third-order valence-corrected chi connectivity index (χ3v) is 4.66. The van der Waals surface area contributed by atoms with E-state index >= 15 is 0 Å². The number of hydrogen-bond acceptors (Lipinski definition) is 4. The molecule has 0 N–H and O–H groups in total. The number of fused-ring (bicyclic) bond motifs is 1. The predicted molar refractivity (Wildman–Crippen MR) is 83.3 cm³/mol. The van der Waals surface area contributed by atoms with Crippen molar-refractivity contribution in [1.82, 2.24) is 4.90 Å². The summed E-state index contributed by atoms with van der Waals surface area (Å²) in [5.74, 6) is -0.300. The van der Waals surface area contributed by atoms with Gasteiger partial charge in [0.1, 0.15) is 6.54 Å². The van der Waals surface area contributed by atoms with Crippen molar-refractivity contribution in [2.45, 2.75) is 36.8 Å². The first-order valence-corrected chi connectivity index (χ1v) is 8.22. The van der Waals surface area contributed by atoms with Crippen molar-refractivity contribution < 1.29 is 14.3 Å². The zero-order chi connectivity index (χ0) is 15.2. The highest BCUT2D eigenvalue weighted by Gasteiger charge is 2.31. The Hall–Kier alpha value is -1.49. The number of hydrogen-bond donors (Lipinski definition) is 0. The maximum atomic E-state index is 12.6. The van der Waals surface area contributed by atoms with Gasteiger partial charge in [-0.1, -0.05) is 25.1 Å². The molecule has 1 unspecified atom stereocenters. The van der Waals surface area contributed by atoms with E-state index in [1.54, 1.807) is 23.6 Å². The SMILES string of the molecule is CCCN(CC(=O)OCC)C(=O)C1Cc2ccccc2S1. The van der Waals surface area contributed by atoms with Gasteiger partial charge in [-0.25, -0.2) is 0 Å². The van der Waals surface area contributed by atoms with Gasteiger partial charge in [0.05, 0.1) is 11.9 Å². The molecule has 0 spiro atoms. The Kier molecular flexibility index (Phi) is 5.67. The quantitative estimate of drug-likeness (QED) is 0.758. The Morgan fingerprint density at radius 3 is 2.76 bits per heavy atom. The van der Waals surface area contributed by atoms with Crippen LogP contribution in [0.25, 0.3) is 0 Å². The van der Waals surface area contributed by atoms with E-state index in [1.807, 2.05) is 25.1 Å².